The van der Waals surface area contributed by atoms with Crippen LogP contribution in [0.25, 0.3) is 0 Å². The molecule has 19 heavy (non-hydrogen) atoms. The van der Waals surface area contributed by atoms with Crippen LogP contribution in [0, 0.1) is 5.92 Å². The second kappa shape index (κ2) is 6.06. The molecule has 1 aliphatic carbocycles. The molecular formula is C17H26N2. The van der Waals surface area contributed by atoms with Crippen LogP contribution < -0.4 is 5.32 Å². The lowest BCUT2D eigenvalue weighted by Gasteiger charge is -2.43. The molecular weight excluding hydrogens is 232 g/mol. The standard InChI is InChI=1S/C17H26N2/c1-2-14-6-8-16(9-7-14)17(15-4-3-5-15)19-12-10-18-11-13-19/h6-9,15,17-18H,2-5,10-13H2,1H3/t17-/m1/s1. The molecule has 2 fully saturated rings. The van der Waals surface area contributed by atoms with Crippen molar-refractivity contribution in [1.29, 1.82) is 0 Å². The van der Waals surface area contributed by atoms with Gasteiger partial charge >= 0.3 is 0 Å². The Balaban J connectivity index is 1.80. The lowest BCUT2D eigenvalue weighted by Crippen LogP contribution is -2.47. The number of benzene rings is 1. The Hall–Kier alpha value is -0.860. The molecule has 0 amide bonds. The monoisotopic (exact) mass is 258 g/mol. The summed E-state index contributed by atoms with van der Waals surface area (Å²) in [4.78, 5) is 2.71. The van der Waals surface area contributed by atoms with E-state index in [9.17, 15) is 0 Å². The van der Waals surface area contributed by atoms with E-state index in [0.29, 0.717) is 6.04 Å². The summed E-state index contributed by atoms with van der Waals surface area (Å²) in [6.07, 6.45) is 5.41. The number of rotatable bonds is 4. The van der Waals surface area contributed by atoms with E-state index in [1.54, 1.807) is 5.56 Å². The topological polar surface area (TPSA) is 15.3 Å². The molecule has 3 rings (SSSR count). The van der Waals surface area contributed by atoms with Crippen LogP contribution in [-0.4, -0.2) is 31.1 Å². The molecule has 1 saturated carbocycles. The van der Waals surface area contributed by atoms with Crippen LogP contribution >= 0.6 is 0 Å². The molecule has 0 aromatic heterocycles. The molecule has 1 aromatic rings. The van der Waals surface area contributed by atoms with Gasteiger partial charge in [-0.2, -0.15) is 0 Å². The minimum Gasteiger partial charge on any atom is -0.314 e. The SMILES string of the molecule is CCc1ccc([C@@H](C2CCC2)N2CCNCC2)cc1. The molecule has 0 spiro atoms. The third-order valence-corrected chi connectivity index (χ3v) is 4.87. The van der Waals surface area contributed by atoms with Crippen molar-refractivity contribution in [3.8, 4) is 0 Å². The van der Waals surface area contributed by atoms with Gasteiger partial charge in [-0.1, -0.05) is 37.6 Å². The van der Waals surface area contributed by atoms with Crippen molar-refractivity contribution >= 4 is 0 Å². The van der Waals surface area contributed by atoms with Gasteiger partial charge in [0.15, 0.2) is 0 Å². The predicted octanol–water partition coefficient (Wildman–Crippen LogP) is 3.00. The molecule has 1 saturated heterocycles. The van der Waals surface area contributed by atoms with E-state index in [-0.39, 0.29) is 0 Å². The van der Waals surface area contributed by atoms with Crippen LogP contribution in [0.2, 0.25) is 0 Å². The summed E-state index contributed by atoms with van der Waals surface area (Å²) >= 11 is 0. The first kappa shape index (κ1) is 13.1. The summed E-state index contributed by atoms with van der Waals surface area (Å²) in [6.45, 7) is 6.94. The Morgan fingerprint density at radius 3 is 2.37 bits per heavy atom. The third kappa shape index (κ3) is 2.85. The Morgan fingerprint density at radius 1 is 1.16 bits per heavy atom. The number of piperazine rings is 1. The summed E-state index contributed by atoms with van der Waals surface area (Å²) in [5.41, 5.74) is 3.00. The highest BCUT2D eigenvalue weighted by Crippen LogP contribution is 2.41. The van der Waals surface area contributed by atoms with Crippen LogP contribution in [0.3, 0.4) is 0 Å². The van der Waals surface area contributed by atoms with Crippen LogP contribution in [0.4, 0.5) is 0 Å². The van der Waals surface area contributed by atoms with Gasteiger partial charge in [-0.05, 0) is 36.3 Å². The molecule has 0 bridgehead atoms. The fourth-order valence-corrected chi connectivity index (χ4v) is 3.45. The summed E-state index contributed by atoms with van der Waals surface area (Å²) in [7, 11) is 0. The normalized spacial score (nSPS) is 23.0. The number of hydrogen-bond acceptors (Lipinski definition) is 2. The van der Waals surface area contributed by atoms with E-state index in [1.165, 1.54) is 37.9 Å². The highest BCUT2D eigenvalue weighted by atomic mass is 15.2. The highest BCUT2D eigenvalue weighted by Gasteiger charge is 2.33. The van der Waals surface area contributed by atoms with E-state index >= 15 is 0 Å². The summed E-state index contributed by atoms with van der Waals surface area (Å²) in [6, 6.07) is 10.1. The average Bonchev–Trinajstić information content (AvgIpc) is 2.44. The maximum absolute atomic E-state index is 3.47. The molecule has 0 radical (unpaired) electrons. The van der Waals surface area contributed by atoms with Gasteiger partial charge in [0, 0.05) is 32.2 Å². The number of nitrogens with one attached hydrogen (secondary N) is 1. The van der Waals surface area contributed by atoms with Gasteiger partial charge in [0.1, 0.15) is 0 Å². The predicted molar refractivity (Wildman–Crippen MR) is 80.3 cm³/mol. The van der Waals surface area contributed by atoms with Gasteiger partial charge in [0.25, 0.3) is 0 Å². The third-order valence-electron chi connectivity index (χ3n) is 4.87. The zero-order valence-electron chi connectivity index (χ0n) is 12.1. The molecule has 2 heteroatoms. The van der Waals surface area contributed by atoms with Gasteiger partial charge in [-0.15, -0.1) is 0 Å². The van der Waals surface area contributed by atoms with E-state index < -0.39 is 0 Å². The zero-order valence-corrected chi connectivity index (χ0v) is 12.1. The fourth-order valence-electron chi connectivity index (χ4n) is 3.45. The van der Waals surface area contributed by atoms with Crippen molar-refractivity contribution in [2.75, 3.05) is 26.2 Å². The van der Waals surface area contributed by atoms with Crippen LogP contribution in [0.15, 0.2) is 24.3 Å². The molecule has 1 N–H and O–H groups in total. The first-order valence-corrected chi connectivity index (χ1v) is 7.92. The van der Waals surface area contributed by atoms with E-state index in [0.717, 1.165) is 25.4 Å². The Bertz CT molecular complexity index is 388. The number of hydrogen-bond donors (Lipinski definition) is 1. The van der Waals surface area contributed by atoms with Crippen LogP contribution in [0.1, 0.15) is 43.4 Å². The lowest BCUT2D eigenvalue weighted by atomic mass is 9.76. The minimum absolute atomic E-state index is 0.668. The molecule has 1 atom stereocenters. The summed E-state index contributed by atoms with van der Waals surface area (Å²) < 4.78 is 0. The molecule has 1 aliphatic heterocycles. The largest absolute Gasteiger partial charge is 0.314 e. The van der Waals surface area contributed by atoms with Crippen LogP contribution in [-0.2, 0) is 6.42 Å². The molecule has 0 unspecified atom stereocenters. The average molecular weight is 258 g/mol. The highest BCUT2D eigenvalue weighted by molar-refractivity contribution is 5.26. The van der Waals surface area contributed by atoms with Crippen molar-refractivity contribution < 1.29 is 0 Å². The Kier molecular flexibility index (Phi) is 4.19. The van der Waals surface area contributed by atoms with E-state index in [4.69, 9.17) is 0 Å². The lowest BCUT2D eigenvalue weighted by molar-refractivity contribution is 0.0837. The van der Waals surface area contributed by atoms with Crippen LogP contribution in [0.5, 0.6) is 0 Å². The second-order valence-corrected chi connectivity index (χ2v) is 6.02. The molecule has 2 aliphatic rings. The van der Waals surface area contributed by atoms with E-state index in [1.807, 2.05) is 0 Å². The van der Waals surface area contributed by atoms with Gasteiger partial charge in [-0.3, -0.25) is 4.90 Å². The second-order valence-electron chi connectivity index (χ2n) is 6.02. The Morgan fingerprint density at radius 2 is 1.84 bits per heavy atom. The maximum atomic E-state index is 3.47. The summed E-state index contributed by atoms with van der Waals surface area (Å²) in [5, 5.41) is 3.47. The molecule has 104 valence electrons. The van der Waals surface area contributed by atoms with Gasteiger partial charge < -0.3 is 5.32 Å². The van der Waals surface area contributed by atoms with Crippen molar-refractivity contribution in [3.63, 3.8) is 0 Å². The molecule has 1 aromatic carbocycles. The zero-order chi connectivity index (χ0) is 13.1. The fraction of sp³-hybridized carbons (Fsp3) is 0.647. The van der Waals surface area contributed by atoms with Crippen molar-refractivity contribution in [2.45, 2.75) is 38.6 Å². The number of nitrogens with zero attached hydrogens (tertiary/aromatic N) is 1. The van der Waals surface area contributed by atoms with Gasteiger partial charge in [0.2, 0.25) is 0 Å². The van der Waals surface area contributed by atoms with Gasteiger partial charge in [-0.25, -0.2) is 0 Å². The number of aryl methyl sites for hydroxylation is 1. The summed E-state index contributed by atoms with van der Waals surface area (Å²) in [5.74, 6) is 0.894. The van der Waals surface area contributed by atoms with E-state index in [2.05, 4.69) is 41.4 Å². The van der Waals surface area contributed by atoms with Crippen molar-refractivity contribution in [3.05, 3.63) is 35.4 Å². The minimum atomic E-state index is 0.668. The van der Waals surface area contributed by atoms with Gasteiger partial charge in [0.05, 0.1) is 0 Å². The quantitative estimate of drug-likeness (QED) is 0.893. The van der Waals surface area contributed by atoms with Crippen molar-refractivity contribution in [2.24, 2.45) is 5.92 Å². The Labute approximate surface area is 117 Å². The molecule has 1 heterocycles. The first-order chi connectivity index (χ1) is 9.38. The smallest absolute Gasteiger partial charge is 0.0377 e. The molecule has 2 nitrogen and oxygen atoms in total. The first-order valence-electron chi connectivity index (χ1n) is 7.92. The maximum Gasteiger partial charge on any atom is 0.0377 e. The van der Waals surface area contributed by atoms with Crippen molar-refractivity contribution in [1.82, 2.24) is 10.2 Å².